The van der Waals surface area contributed by atoms with Crippen LogP contribution in [0.25, 0.3) is 0 Å². The van der Waals surface area contributed by atoms with Crippen molar-refractivity contribution in [3.05, 3.63) is 24.7 Å². The molecule has 0 saturated heterocycles. The van der Waals surface area contributed by atoms with Gasteiger partial charge in [-0.15, -0.1) is 0 Å². The molecule has 0 unspecified atom stereocenters. The molecular weight excluding hydrogens is 102 g/mol. The van der Waals surface area contributed by atoms with Crippen molar-refractivity contribution >= 4 is 6.21 Å². The zero-order valence-electron chi connectivity index (χ0n) is 4.54. The van der Waals surface area contributed by atoms with Gasteiger partial charge in [-0.25, -0.2) is 0 Å². The van der Waals surface area contributed by atoms with Gasteiger partial charge in [0.05, 0.1) is 6.20 Å². The third-order valence-corrected chi connectivity index (χ3v) is 0.415. The average molecular weight is 111 g/mol. The second kappa shape index (κ2) is 3.92. The maximum atomic E-state index is 5.02. The molecule has 0 fully saturated rings. The van der Waals surface area contributed by atoms with Crippen molar-refractivity contribution in [3.8, 4) is 0 Å². The van der Waals surface area contributed by atoms with Crippen molar-refractivity contribution in [2.45, 2.75) is 0 Å². The quantitative estimate of drug-likeness (QED) is 0.491. The zero-order chi connectivity index (χ0) is 6.41. The first-order chi connectivity index (χ1) is 3.77. The highest BCUT2D eigenvalue weighted by Crippen LogP contribution is 1.70. The van der Waals surface area contributed by atoms with Gasteiger partial charge in [-0.3, -0.25) is 4.99 Å². The summed E-state index contributed by atoms with van der Waals surface area (Å²) in [5, 5.41) is 0. The van der Waals surface area contributed by atoms with E-state index in [0.717, 1.165) is 0 Å². The van der Waals surface area contributed by atoms with Crippen LogP contribution in [0.15, 0.2) is 29.7 Å². The molecule has 0 amide bonds. The van der Waals surface area contributed by atoms with Crippen molar-refractivity contribution in [1.29, 1.82) is 0 Å². The number of nitrogens with zero attached hydrogens (tertiary/aromatic N) is 1. The summed E-state index contributed by atoms with van der Waals surface area (Å²) in [6.07, 6.45) is 4.39. The van der Waals surface area contributed by atoms with Gasteiger partial charge in [-0.05, 0) is 0 Å². The van der Waals surface area contributed by atoms with Crippen molar-refractivity contribution in [2.75, 3.05) is 0 Å². The Balaban J connectivity index is 3.57. The van der Waals surface area contributed by atoms with E-state index in [-0.39, 0.29) is 5.82 Å². The molecule has 0 spiro atoms. The SMILES string of the molecule is C=C/C=N\C=C(N)N. The predicted octanol–water partition coefficient (Wildman–Crippen LogP) is -0.0405. The molecule has 44 valence electrons. The first-order valence-corrected chi connectivity index (χ1v) is 2.12. The predicted molar refractivity (Wildman–Crippen MR) is 35.1 cm³/mol. The monoisotopic (exact) mass is 111 g/mol. The number of aliphatic imine (C=N–C) groups is 1. The fourth-order valence-electron chi connectivity index (χ4n) is 0.190. The highest BCUT2D eigenvalue weighted by atomic mass is 14.8. The van der Waals surface area contributed by atoms with Crippen molar-refractivity contribution in [3.63, 3.8) is 0 Å². The second-order valence-electron chi connectivity index (χ2n) is 1.16. The van der Waals surface area contributed by atoms with Crippen LogP contribution >= 0.6 is 0 Å². The first kappa shape index (κ1) is 6.75. The summed E-state index contributed by atoms with van der Waals surface area (Å²) in [7, 11) is 0. The standard InChI is InChI=1S/C5H9N3/c1-2-3-8-4-5(6)7/h2-4H,1,6-7H2/b8-3-. The van der Waals surface area contributed by atoms with Gasteiger partial charge in [0.25, 0.3) is 0 Å². The fraction of sp³-hybridized carbons (Fsp3) is 0. The molecule has 0 radical (unpaired) electrons. The summed E-state index contributed by atoms with van der Waals surface area (Å²) in [4.78, 5) is 3.63. The van der Waals surface area contributed by atoms with Crippen molar-refractivity contribution in [2.24, 2.45) is 16.5 Å². The Labute approximate surface area is 48.4 Å². The molecule has 0 aliphatic rings. The molecule has 0 aliphatic carbocycles. The van der Waals surface area contributed by atoms with Gasteiger partial charge in [0, 0.05) is 6.21 Å². The minimum absolute atomic E-state index is 0.197. The van der Waals surface area contributed by atoms with E-state index in [1.165, 1.54) is 12.4 Å². The maximum absolute atomic E-state index is 5.02. The lowest BCUT2D eigenvalue weighted by atomic mass is 10.7. The van der Waals surface area contributed by atoms with Gasteiger partial charge in [0.15, 0.2) is 0 Å². The van der Waals surface area contributed by atoms with Gasteiger partial charge in [-0.1, -0.05) is 12.7 Å². The molecule has 0 bridgehead atoms. The molecule has 3 nitrogen and oxygen atoms in total. The van der Waals surface area contributed by atoms with Crippen LogP contribution in [0, 0.1) is 0 Å². The number of allylic oxidation sites excluding steroid dienone is 1. The maximum Gasteiger partial charge on any atom is 0.112 e. The van der Waals surface area contributed by atoms with Crippen LogP contribution in [0.5, 0.6) is 0 Å². The average Bonchev–Trinajstić information content (AvgIpc) is 1.66. The number of hydrogen-bond acceptors (Lipinski definition) is 3. The molecule has 0 saturated carbocycles. The molecule has 0 aliphatic heterocycles. The highest BCUT2D eigenvalue weighted by Gasteiger charge is 1.67. The van der Waals surface area contributed by atoms with E-state index >= 15 is 0 Å². The number of rotatable bonds is 2. The Morgan fingerprint density at radius 3 is 2.50 bits per heavy atom. The van der Waals surface area contributed by atoms with Gasteiger partial charge < -0.3 is 11.5 Å². The minimum Gasteiger partial charge on any atom is -0.384 e. The van der Waals surface area contributed by atoms with E-state index in [2.05, 4.69) is 11.6 Å². The van der Waals surface area contributed by atoms with Crippen LogP contribution in [0.3, 0.4) is 0 Å². The van der Waals surface area contributed by atoms with Crippen LogP contribution < -0.4 is 11.5 Å². The summed E-state index contributed by atoms with van der Waals surface area (Å²) in [6, 6.07) is 0. The molecular formula is C5H9N3. The Hall–Kier alpha value is -1.25. The van der Waals surface area contributed by atoms with Crippen molar-refractivity contribution < 1.29 is 0 Å². The summed E-state index contributed by atoms with van der Waals surface area (Å²) >= 11 is 0. The smallest absolute Gasteiger partial charge is 0.112 e. The van der Waals surface area contributed by atoms with Crippen LogP contribution in [-0.2, 0) is 0 Å². The van der Waals surface area contributed by atoms with Gasteiger partial charge in [0.2, 0.25) is 0 Å². The van der Waals surface area contributed by atoms with Gasteiger partial charge in [0.1, 0.15) is 5.82 Å². The largest absolute Gasteiger partial charge is 0.384 e. The lowest BCUT2D eigenvalue weighted by Gasteiger charge is -1.81. The Morgan fingerprint density at radius 1 is 1.50 bits per heavy atom. The van der Waals surface area contributed by atoms with E-state index in [9.17, 15) is 0 Å². The lowest BCUT2D eigenvalue weighted by molar-refractivity contribution is 1.22. The third kappa shape index (κ3) is 4.75. The third-order valence-electron chi connectivity index (χ3n) is 0.415. The first-order valence-electron chi connectivity index (χ1n) is 2.12. The van der Waals surface area contributed by atoms with Gasteiger partial charge in [-0.2, -0.15) is 0 Å². The Kier molecular flexibility index (Phi) is 3.31. The molecule has 0 rings (SSSR count). The number of nitrogens with two attached hydrogens (primary N) is 2. The summed E-state index contributed by atoms with van der Waals surface area (Å²) in [5.41, 5.74) is 10.0. The van der Waals surface area contributed by atoms with Crippen LogP contribution in [-0.4, -0.2) is 6.21 Å². The molecule has 8 heavy (non-hydrogen) atoms. The molecule has 0 aromatic rings. The molecule has 0 aromatic heterocycles. The molecule has 4 N–H and O–H groups in total. The summed E-state index contributed by atoms with van der Waals surface area (Å²) < 4.78 is 0. The van der Waals surface area contributed by atoms with E-state index < -0.39 is 0 Å². The minimum atomic E-state index is 0.197. The Bertz CT molecular complexity index is 120. The van der Waals surface area contributed by atoms with Crippen LogP contribution in [0.2, 0.25) is 0 Å². The van der Waals surface area contributed by atoms with Crippen LogP contribution in [0.1, 0.15) is 0 Å². The topological polar surface area (TPSA) is 64.4 Å². The highest BCUT2D eigenvalue weighted by molar-refractivity contribution is 5.70. The second-order valence-corrected chi connectivity index (χ2v) is 1.16. The lowest BCUT2D eigenvalue weighted by Crippen LogP contribution is -2.06. The molecule has 0 heterocycles. The van der Waals surface area contributed by atoms with Crippen LogP contribution in [0.4, 0.5) is 0 Å². The molecule has 3 heteroatoms. The van der Waals surface area contributed by atoms with Crippen molar-refractivity contribution in [1.82, 2.24) is 0 Å². The Morgan fingerprint density at radius 2 is 2.12 bits per heavy atom. The normalized spacial score (nSPS) is 9.00. The molecule has 0 atom stereocenters. The zero-order valence-corrected chi connectivity index (χ0v) is 4.54. The summed E-state index contributed by atoms with van der Waals surface area (Å²) in [5.74, 6) is 0.197. The fourth-order valence-corrected chi connectivity index (χ4v) is 0.190. The van der Waals surface area contributed by atoms with E-state index in [1.54, 1.807) is 6.08 Å². The summed E-state index contributed by atoms with van der Waals surface area (Å²) in [6.45, 7) is 3.40. The van der Waals surface area contributed by atoms with E-state index in [4.69, 9.17) is 11.5 Å². The molecule has 0 aromatic carbocycles. The van der Waals surface area contributed by atoms with E-state index in [1.807, 2.05) is 0 Å². The van der Waals surface area contributed by atoms with Gasteiger partial charge >= 0.3 is 0 Å². The van der Waals surface area contributed by atoms with E-state index in [0.29, 0.717) is 0 Å². The number of hydrogen-bond donors (Lipinski definition) is 2.